The van der Waals surface area contributed by atoms with Gasteiger partial charge in [0, 0.05) is 38.1 Å². The summed E-state index contributed by atoms with van der Waals surface area (Å²) in [7, 11) is 0. The molecule has 3 heterocycles. The van der Waals surface area contributed by atoms with Gasteiger partial charge in [-0.1, -0.05) is 13.8 Å². The van der Waals surface area contributed by atoms with Gasteiger partial charge in [0.2, 0.25) is 5.91 Å². The van der Waals surface area contributed by atoms with Gasteiger partial charge in [-0.2, -0.15) is 10.2 Å². The number of anilines is 1. The number of carbonyl (C=O) groups excluding carboxylic acids is 1. The van der Waals surface area contributed by atoms with Crippen molar-refractivity contribution in [2.75, 3.05) is 31.6 Å². The van der Waals surface area contributed by atoms with Gasteiger partial charge in [-0.3, -0.25) is 14.4 Å². The topological polar surface area (TPSA) is 77.2 Å². The number of aromatic nitrogens is 4. The molecule has 25 heavy (non-hydrogen) atoms. The van der Waals surface area contributed by atoms with Crippen LogP contribution in [0.1, 0.15) is 13.8 Å². The highest BCUT2D eigenvalue weighted by molar-refractivity contribution is 5.91. The molecule has 2 aromatic heterocycles. The Labute approximate surface area is 147 Å². The van der Waals surface area contributed by atoms with Crippen molar-refractivity contribution in [2.45, 2.75) is 33.0 Å². The van der Waals surface area contributed by atoms with Crippen LogP contribution in [-0.2, 0) is 22.6 Å². The number of morpholine rings is 1. The number of ether oxygens (including phenoxy) is 1. The standard InChI is InChI=1S/C17H26N6O2/c1-14(2)10-23-16(4-6-19-23)20-17(24)13-21-8-9-25-15(11-21)12-22-7-3-5-18-22/h3-7,14-15H,8-13H2,1-2H3,(H,20,24)/t15-/m1/s1. The van der Waals surface area contributed by atoms with Crippen molar-refractivity contribution in [1.82, 2.24) is 24.5 Å². The van der Waals surface area contributed by atoms with Crippen molar-refractivity contribution in [3.05, 3.63) is 30.7 Å². The van der Waals surface area contributed by atoms with Gasteiger partial charge < -0.3 is 10.1 Å². The summed E-state index contributed by atoms with van der Waals surface area (Å²) in [4.78, 5) is 14.5. The molecule has 1 aliphatic heterocycles. The molecular formula is C17H26N6O2. The highest BCUT2D eigenvalue weighted by atomic mass is 16.5. The Morgan fingerprint density at radius 2 is 2.28 bits per heavy atom. The predicted molar refractivity (Wildman–Crippen MR) is 94.1 cm³/mol. The molecule has 1 fully saturated rings. The predicted octanol–water partition coefficient (Wildman–Crippen LogP) is 1.08. The third-order valence-corrected chi connectivity index (χ3v) is 4.06. The zero-order valence-electron chi connectivity index (χ0n) is 14.8. The minimum Gasteiger partial charge on any atom is -0.374 e. The lowest BCUT2D eigenvalue weighted by molar-refractivity contribution is -0.119. The first-order valence-electron chi connectivity index (χ1n) is 8.73. The Morgan fingerprint density at radius 1 is 1.40 bits per heavy atom. The first-order valence-corrected chi connectivity index (χ1v) is 8.73. The molecule has 2 aromatic rings. The van der Waals surface area contributed by atoms with Gasteiger partial charge in [0.1, 0.15) is 5.82 Å². The number of nitrogens with one attached hydrogen (secondary N) is 1. The third kappa shape index (κ3) is 5.14. The van der Waals surface area contributed by atoms with Crippen LogP contribution in [0.2, 0.25) is 0 Å². The van der Waals surface area contributed by atoms with Crippen LogP contribution in [0.15, 0.2) is 30.7 Å². The largest absolute Gasteiger partial charge is 0.374 e. The summed E-state index contributed by atoms with van der Waals surface area (Å²) in [5.41, 5.74) is 0. The number of nitrogens with zero attached hydrogens (tertiary/aromatic N) is 5. The van der Waals surface area contributed by atoms with Gasteiger partial charge in [-0.25, -0.2) is 4.68 Å². The van der Waals surface area contributed by atoms with E-state index in [0.717, 1.165) is 25.5 Å². The van der Waals surface area contributed by atoms with Gasteiger partial charge in [0.15, 0.2) is 0 Å². The summed E-state index contributed by atoms with van der Waals surface area (Å²) < 4.78 is 9.48. The van der Waals surface area contributed by atoms with Crippen molar-refractivity contribution in [3.8, 4) is 0 Å². The van der Waals surface area contributed by atoms with Crippen LogP contribution in [0, 0.1) is 5.92 Å². The molecule has 1 saturated heterocycles. The molecule has 8 nitrogen and oxygen atoms in total. The monoisotopic (exact) mass is 346 g/mol. The van der Waals surface area contributed by atoms with Crippen LogP contribution < -0.4 is 5.32 Å². The molecular weight excluding hydrogens is 320 g/mol. The molecule has 1 N–H and O–H groups in total. The molecule has 0 saturated carbocycles. The number of hydrogen-bond donors (Lipinski definition) is 1. The molecule has 8 heteroatoms. The fraction of sp³-hybridized carbons (Fsp3) is 0.588. The molecule has 0 aliphatic carbocycles. The lowest BCUT2D eigenvalue weighted by Gasteiger charge is -2.32. The number of hydrogen-bond acceptors (Lipinski definition) is 5. The maximum Gasteiger partial charge on any atom is 0.239 e. The van der Waals surface area contributed by atoms with Crippen molar-refractivity contribution < 1.29 is 9.53 Å². The zero-order chi connectivity index (χ0) is 17.6. The van der Waals surface area contributed by atoms with Gasteiger partial charge in [-0.15, -0.1) is 0 Å². The molecule has 0 unspecified atom stereocenters. The van der Waals surface area contributed by atoms with E-state index in [1.54, 1.807) is 12.4 Å². The lowest BCUT2D eigenvalue weighted by atomic mass is 10.2. The molecule has 136 valence electrons. The van der Waals surface area contributed by atoms with Gasteiger partial charge >= 0.3 is 0 Å². The van der Waals surface area contributed by atoms with Crippen LogP contribution >= 0.6 is 0 Å². The maximum absolute atomic E-state index is 12.4. The Bertz CT molecular complexity index is 666. The first kappa shape index (κ1) is 17.6. The molecule has 3 rings (SSSR count). The summed E-state index contributed by atoms with van der Waals surface area (Å²) in [6, 6.07) is 3.73. The molecule has 0 spiro atoms. The SMILES string of the molecule is CC(C)Cn1nccc1NC(=O)CN1CCO[C@@H](Cn2cccn2)C1. The summed E-state index contributed by atoms with van der Waals surface area (Å²) in [5, 5.41) is 11.4. The minimum absolute atomic E-state index is 0.0229. The van der Waals surface area contributed by atoms with Crippen LogP contribution in [0.4, 0.5) is 5.82 Å². The van der Waals surface area contributed by atoms with Crippen LogP contribution in [0.3, 0.4) is 0 Å². The second-order valence-corrected chi connectivity index (χ2v) is 6.80. The van der Waals surface area contributed by atoms with Crippen molar-refractivity contribution in [3.63, 3.8) is 0 Å². The molecule has 1 atom stereocenters. The molecule has 0 aromatic carbocycles. The third-order valence-electron chi connectivity index (χ3n) is 4.06. The van der Waals surface area contributed by atoms with Gasteiger partial charge in [-0.05, 0) is 12.0 Å². The van der Waals surface area contributed by atoms with E-state index < -0.39 is 0 Å². The van der Waals surface area contributed by atoms with Crippen molar-refractivity contribution >= 4 is 11.7 Å². The summed E-state index contributed by atoms with van der Waals surface area (Å²) in [6.07, 6.45) is 5.44. The van der Waals surface area contributed by atoms with E-state index >= 15 is 0 Å². The van der Waals surface area contributed by atoms with E-state index in [-0.39, 0.29) is 12.0 Å². The van der Waals surface area contributed by atoms with Crippen molar-refractivity contribution in [2.24, 2.45) is 5.92 Å². The van der Waals surface area contributed by atoms with Crippen LogP contribution in [-0.4, -0.2) is 62.7 Å². The Balaban J connectivity index is 1.50. The Morgan fingerprint density at radius 3 is 3.04 bits per heavy atom. The van der Waals surface area contributed by atoms with Gasteiger partial charge in [0.25, 0.3) is 0 Å². The van der Waals surface area contributed by atoms with E-state index in [0.29, 0.717) is 25.6 Å². The molecule has 1 amide bonds. The van der Waals surface area contributed by atoms with E-state index in [1.165, 1.54) is 0 Å². The summed E-state index contributed by atoms with van der Waals surface area (Å²) in [5.74, 6) is 1.20. The molecule has 0 bridgehead atoms. The zero-order valence-corrected chi connectivity index (χ0v) is 14.8. The minimum atomic E-state index is -0.0229. The normalized spacial score (nSPS) is 18.6. The second-order valence-electron chi connectivity index (χ2n) is 6.80. The fourth-order valence-corrected chi connectivity index (χ4v) is 2.97. The van der Waals surface area contributed by atoms with Crippen molar-refractivity contribution in [1.29, 1.82) is 0 Å². The lowest BCUT2D eigenvalue weighted by Crippen LogP contribution is -2.47. The Hall–Kier alpha value is -2.19. The maximum atomic E-state index is 12.4. The number of carbonyl (C=O) groups is 1. The highest BCUT2D eigenvalue weighted by Gasteiger charge is 2.23. The number of rotatable bonds is 7. The molecule has 1 aliphatic rings. The fourth-order valence-electron chi connectivity index (χ4n) is 2.97. The summed E-state index contributed by atoms with van der Waals surface area (Å²) >= 11 is 0. The average Bonchev–Trinajstić information content (AvgIpc) is 3.20. The van der Waals surface area contributed by atoms with E-state index in [2.05, 4.69) is 34.3 Å². The number of amides is 1. The van der Waals surface area contributed by atoms with E-state index in [1.807, 2.05) is 27.7 Å². The van der Waals surface area contributed by atoms with E-state index in [9.17, 15) is 4.79 Å². The second kappa shape index (κ2) is 8.26. The van der Waals surface area contributed by atoms with E-state index in [4.69, 9.17) is 4.74 Å². The summed E-state index contributed by atoms with van der Waals surface area (Å²) in [6.45, 7) is 8.20. The average molecular weight is 346 g/mol. The quantitative estimate of drug-likeness (QED) is 0.812. The smallest absolute Gasteiger partial charge is 0.239 e. The highest BCUT2D eigenvalue weighted by Crippen LogP contribution is 2.11. The van der Waals surface area contributed by atoms with Gasteiger partial charge in [0.05, 0.1) is 32.0 Å². The molecule has 0 radical (unpaired) electrons. The Kier molecular flexibility index (Phi) is 5.83. The van der Waals surface area contributed by atoms with Crippen LogP contribution in [0.25, 0.3) is 0 Å². The van der Waals surface area contributed by atoms with Crippen LogP contribution in [0.5, 0.6) is 0 Å². The first-order chi connectivity index (χ1) is 12.1.